The average Bonchev–Trinajstić information content (AvgIpc) is 2.35. The van der Waals surface area contributed by atoms with Gasteiger partial charge in [-0.15, -0.1) is 0 Å². The predicted molar refractivity (Wildman–Crippen MR) is 68.9 cm³/mol. The summed E-state index contributed by atoms with van der Waals surface area (Å²) < 4.78 is 5.70. The molecule has 1 aliphatic heterocycles. The Morgan fingerprint density at radius 1 is 1.19 bits per heavy atom. The normalized spacial score (nSPS) is 21.6. The van der Waals surface area contributed by atoms with Crippen LogP contribution in [-0.4, -0.2) is 50.3 Å². The van der Waals surface area contributed by atoms with Crippen molar-refractivity contribution in [3.63, 3.8) is 0 Å². The molecule has 0 radical (unpaired) electrons. The molecule has 0 aromatic heterocycles. The Balaban J connectivity index is 1.90. The van der Waals surface area contributed by atoms with Crippen LogP contribution in [-0.2, 0) is 4.74 Å². The van der Waals surface area contributed by atoms with Crippen molar-refractivity contribution in [3.05, 3.63) is 0 Å². The highest BCUT2D eigenvalue weighted by Gasteiger charge is 2.12. The minimum Gasteiger partial charge on any atom is -0.378 e. The molecule has 96 valence electrons. The van der Waals surface area contributed by atoms with Crippen molar-refractivity contribution in [1.29, 1.82) is 0 Å². The summed E-state index contributed by atoms with van der Waals surface area (Å²) in [6, 6.07) is 0. The molecule has 1 N–H and O–H groups in total. The smallest absolute Gasteiger partial charge is 0.0587 e. The van der Waals surface area contributed by atoms with E-state index in [0.29, 0.717) is 6.10 Å². The summed E-state index contributed by atoms with van der Waals surface area (Å²) in [5.41, 5.74) is 0. The summed E-state index contributed by atoms with van der Waals surface area (Å²) in [4.78, 5) is 2.45. The second-order valence-corrected chi connectivity index (χ2v) is 4.55. The Kier molecular flexibility index (Phi) is 7.81. The molecular formula is C13H28N2O. The Morgan fingerprint density at radius 3 is 2.62 bits per heavy atom. The van der Waals surface area contributed by atoms with E-state index in [0.717, 1.165) is 32.8 Å². The van der Waals surface area contributed by atoms with Crippen LogP contribution in [0, 0.1) is 0 Å². The molecule has 0 bridgehead atoms. The van der Waals surface area contributed by atoms with Gasteiger partial charge in [0.2, 0.25) is 0 Å². The summed E-state index contributed by atoms with van der Waals surface area (Å²) >= 11 is 0. The van der Waals surface area contributed by atoms with Gasteiger partial charge >= 0.3 is 0 Å². The van der Waals surface area contributed by atoms with Crippen LogP contribution in [0.25, 0.3) is 0 Å². The van der Waals surface area contributed by atoms with Gasteiger partial charge in [0.15, 0.2) is 0 Å². The highest BCUT2D eigenvalue weighted by molar-refractivity contribution is 4.65. The number of hydrogen-bond acceptors (Lipinski definition) is 3. The predicted octanol–water partition coefficient (Wildman–Crippen LogP) is 1.88. The molecule has 3 heteroatoms. The van der Waals surface area contributed by atoms with E-state index in [1.807, 2.05) is 0 Å². The number of likely N-dealkylation sites (N-methyl/N-ethyl adjacent to an activating group) is 1. The molecule has 0 saturated carbocycles. The van der Waals surface area contributed by atoms with Gasteiger partial charge in [-0.2, -0.15) is 0 Å². The number of nitrogens with one attached hydrogen (secondary N) is 1. The average molecular weight is 228 g/mol. The lowest BCUT2D eigenvalue weighted by Crippen LogP contribution is -2.33. The molecule has 0 aliphatic carbocycles. The van der Waals surface area contributed by atoms with Crippen molar-refractivity contribution < 1.29 is 4.74 Å². The van der Waals surface area contributed by atoms with Gasteiger partial charge < -0.3 is 15.0 Å². The molecule has 1 saturated heterocycles. The van der Waals surface area contributed by atoms with Gasteiger partial charge in [0.05, 0.1) is 6.10 Å². The fraction of sp³-hybridized carbons (Fsp3) is 1.00. The van der Waals surface area contributed by atoms with E-state index in [4.69, 9.17) is 4.74 Å². The van der Waals surface area contributed by atoms with E-state index >= 15 is 0 Å². The maximum absolute atomic E-state index is 5.70. The van der Waals surface area contributed by atoms with Crippen molar-refractivity contribution in [3.8, 4) is 0 Å². The van der Waals surface area contributed by atoms with Crippen LogP contribution in [0.15, 0.2) is 0 Å². The first-order chi connectivity index (χ1) is 7.86. The zero-order valence-corrected chi connectivity index (χ0v) is 11.0. The summed E-state index contributed by atoms with van der Waals surface area (Å²) in [6.07, 6.45) is 5.57. The summed E-state index contributed by atoms with van der Waals surface area (Å²) in [6.45, 7) is 11.1. The lowest BCUT2D eigenvalue weighted by molar-refractivity contribution is 0.0115. The Labute approximate surface area is 101 Å². The van der Waals surface area contributed by atoms with E-state index in [2.05, 4.69) is 24.1 Å². The zero-order valence-electron chi connectivity index (χ0n) is 11.0. The molecule has 3 nitrogen and oxygen atoms in total. The molecule has 16 heavy (non-hydrogen) atoms. The summed E-state index contributed by atoms with van der Waals surface area (Å²) in [5.74, 6) is 0. The third-order valence-electron chi connectivity index (χ3n) is 3.42. The lowest BCUT2D eigenvalue weighted by atomic mass is 10.1. The molecule has 0 aromatic rings. The van der Waals surface area contributed by atoms with Crippen molar-refractivity contribution in [2.45, 2.75) is 45.6 Å². The van der Waals surface area contributed by atoms with Gasteiger partial charge in [-0.05, 0) is 45.3 Å². The molecule has 1 aliphatic rings. The number of hydrogen-bond donors (Lipinski definition) is 1. The summed E-state index contributed by atoms with van der Waals surface area (Å²) in [7, 11) is 0. The molecule has 1 fully saturated rings. The fourth-order valence-corrected chi connectivity index (χ4v) is 2.20. The monoisotopic (exact) mass is 228 g/mol. The van der Waals surface area contributed by atoms with E-state index in [1.54, 1.807) is 0 Å². The molecule has 0 aromatic carbocycles. The maximum atomic E-state index is 5.70. The number of ether oxygens (including phenoxy) is 1. The van der Waals surface area contributed by atoms with Gasteiger partial charge in [0.1, 0.15) is 0 Å². The summed E-state index contributed by atoms with van der Waals surface area (Å²) in [5, 5.41) is 3.51. The Morgan fingerprint density at radius 2 is 2.00 bits per heavy atom. The van der Waals surface area contributed by atoms with Crippen LogP contribution in [0.5, 0.6) is 0 Å². The minimum absolute atomic E-state index is 0.523. The van der Waals surface area contributed by atoms with E-state index in [9.17, 15) is 0 Å². The van der Waals surface area contributed by atoms with Crippen molar-refractivity contribution in [2.75, 3.05) is 39.3 Å². The zero-order chi connectivity index (χ0) is 11.6. The van der Waals surface area contributed by atoms with Gasteiger partial charge in [0.25, 0.3) is 0 Å². The number of nitrogens with zero attached hydrogens (tertiary/aromatic N) is 1. The van der Waals surface area contributed by atoms with Gasteiger partial charge in [-0.3, -0.25) is 0 Å². The van der Waals surface area contributed by atoms with E-state index in [-0.39, 0.29) is 0 Å². The van der Waals surface area contributed by atoms with Crippen LogP contribution >= 0.6 is 0 Å². The van der Waals surface area contributed by atoms with Crippen molar-refractivity contribution >= 4 is 0 Å². The molecule has 1 heterocycles. The molecule has 0 spiro atoms. The van der Waals surface area contributed by atoms with Gasteiger partial charge in [-0.1, -0.05) is 13.8 Å². The fourth-order valence-electron chi connectivity index (χ4n) is 2.20. The van der Waals surface area contributed by atoms with Crippen molar-refractivity contribution in [2.24, 2.45) is 0 Å². The quantitative estimate of drug-likeness (QED) is 0.642. The third-order valence-corrected chi connectivity index (χ3v) is 3.42. The highest BCUT2D eigenvalue weighted by Crippen LogP contribution is 2.14. The molecule has 0 amide bonds. The molecule has 1 unspecified atom stereocenters. The van der Waals surface area contributed by atoms with Crippen LogP contribution < -0.4 is 5.32 Å². The number of rotatable bonds is 8. The van der Waals surface area contributed by atoms with E-state index in [1.165, 1.54) is 32.2 Å². The Bertz CT molecular complexity index is 154. The Hall–Kier alpha value is -0.120. The first-order valence-electron chi connectivity index (χ1n) is 6.91. The highest BCUT2D eigenvalue weighted by atomic mass is 16.5. The first kappa shape index (κ1) is 13.9. The lowest BCUT2D eigenvalue weighted by Gasteiger charge is -2.23. The van der Waals surface area contributed by atoms with Crippen LogP contribution in [0.3, 0.4) is 0 Å². The van der Waals surface area contributed by atoms with Gasteiger partial charge in [0, 0.05) is 19.7 Å². The SMILES string of the molecule is CCN(CC)CCNCCC1CCCCO1. The molecule has 1 rings (SSSR count). The van der Waals surface area contributed by atoms with Crippen molar-refractivity contribution in [1.82, 2.24) is 10.2 Å². The standard InChI is InChI=1S/C13H28N2O/c1-3-15(4-2)11-10-14-9-8-13-7-5-6-12-16-13/h13-14H,3-12H2,1-2H3. The van der Waals surface area contributed by atoms with Crippen LogP contribution in [0.2, 0.25) is 0 Å². The second kappa shape index (κ2) is 8.97. The maximum Gasteiger partial charge on any atom is 0.0587 e. The third kappa shape index (κ3) is 5.83. The van der Waals surface area contributed by atoms with Crippen LogP contribution in [0.1, 0.15) is 39.5 Å². The van der Waals surface area contributed by atoms with Crippen LogP contribution in [0.4, 0.5) is 0 Å². The minimum atomic E-state index is 0.523. The van der Waals surface area contributed by atoms with E-state index < -0.39 is 0 Å². The molecular weight excluding hydrogens is 200 g/mol. The first-order valence-corrected chi connectivity index (χ1v) is 6.91. The van der Waals surface area contributed by atoms with Gasteiger partial charge in [-0.25, -0.2) is 0 Å². The topological polar surface area (TPSA) is 24.5 Å². The largest absolute Gasteiger partial charge is 0.378 e. The second-order valence-electron chi connectivity index (χ2n) is 4.55. The molecule has 1 atom stereocenters.